The van der Waals surface area contributed by atoms with Crippen molar-refractivity contribution in [3.63, 3.8) is 0 Å². The third-order valence-corrected chi connectivity index (χ3v) is 4.89. The van der Waals surface area contributed by atoms with Gasteiger partial charge in [0, 0.05) is 10.0 Å². The van der Waals surface area contributed by atoms with E-state index in [4.69, 9.17) is 4.74 Å². The number of amides is 1. The summed E-state index contributed by atoms with van der Waals surface area (Å²) < 4.78 is 6.53. The number of hydrogen-bond donors (Lipinski definition) is 1. The van der Waals surface area contributed by atoms with E-state index in [1.807, 2.05) is 37.3 Å². The number of nitrogens with one attached hydrogen (secondary N) is 1. The molecule has 3 rings (SSSR count). The standard InChI is InChI=1S/C19H19BrN2O2/c1-13-11-15(9-10-17(13)20)24-12-19(23)22-21-18-8-4-6-14-5-2-3-7-16(14)18/h2-3,5,7,9-11H,4,6,8,12H2,1H3,(H,22,23). The Labute approximate surface area is 150 Å². The second-order valence-corrected chi connectivity index (χ2v) is 6.66. The topological polar surface area (TPSA) is 50.7 Å². The Balaban J connectivity index is 1.59. The number of hydrogen-bond acceptors (Lipinski definition) is 3. The van der Waals surface area contributed by atoms with Crippen molar-refractivity contribution in [3.8, 4) is 5.75 Å². The fourth-order valence-electron chi connectivity index (χ4n) is 2.73. The predicted molar refractivity (Wildman–Crippen MR) is 98.4 cm³/mol. The van der Waals surface area contributed by atoms with E-state index in [9.17, 15) is 4.79 Å². The fraction of sp³-hybridized carbons (Fsp3) is 0.263. The Morgan fingerprint density at radius 1 is 1.25 bits per heavy atom. The summed E-state index contributed by atoms with van der Waals surface area (Å²) in [5.41, 5.74) is 7.02. The molecule has 124 valence electrons. The first-order valence-corrected chi connectivity index (χ1v) is 8.75. The van der Waals surface area contributed by atoms with Gasteiger partial charge in [0.2, 0.25) is 0 Å². The van der Waals surface area contributed by atoms with Gasteiger partial charge >= 0.3 is 0 Å². The first-order valence-electron chi connectivity index (χ1n) is 7.96. The Morgan fingerprint density at radius 2 is 2.08 bits per heavy atom. The fourth-order valence-corrected chi connectivity index (χ4v) is 2.98. The monoisotopic (exact) mass is 386 g/mol. The summed E-state index contributed by atoms with van der Waals surface area (Å²) in [7, 11) is 0. The van der Waals surface area contributed by atoms with Gasteiger partial charge in [0.05, 0.1) is 5.71 Å². The molecule has 0 saturated carbocycles. The molecule has 0 unspecified atom stereocenters. The lowest BCUT2D eigenvalue weighted by Gasteiger charge is -2.17. The summed E-state index contributed by atoms with van der Waals surface area (Å²) in [6.07, 6.45) is 3.00. The van der Waals surface area contributed by atoms with Crippen molar-refractivity contribution in [2.24, 2.45) is 5.10 Å². The third kappa shape index (κ3) is 4.03. The van der Waals surface area contributed by atoms with E-state index in [0.29, 0.717) is 5.75 Å². The highest BCUT2D eigenvalue weighted by Crippen LogP contribution is 2.22. The molecule has 1 aliphatic carbocycles. The molecule has 0 atom stereocenters. The van der Waals surface area contributed by atoms with E-state index in [-0.39, 0.29) is 12.5 Å². The van der Waals surface area contributed by atoms with Crippen molar-refractivity contribution in [3.05, 3.63) is 63.6 Å². The van der Waals surface area contributed by atoms with Gasteiger partial charge in [-0.2, -0.15) is 5.10 Å². The van der Waals surface area contributed by atoms with Crippen LogP contribution in [0.25, 0.3) is 0 Å². The van der Waals surface area contributed by atoms with E-state index >= 15 is 0 Å². The van der Waals surface area contributed by atoms with E-state index in [2.05, 4.69) is 38.6 Å². The van der Waals surface area contributed by atoms with Gasteiger partial charge in [0.15, 0.2) is 6.61 Å². The second-order valence-electron chi connectivity index (χ2n) is 5.80. The zero-order valence-corrected chi connectivity index (χ0v) is 15.1. The van der Waals surface area contributed by atoms with Gasteiger partial charge in [-0.15, -0.1) is 0 Å². The van der Waals surface area contributed by atoms with Crippen LogP contribution < -0.4 is 10.2 Å². The van der Waals surface area contributed by atoms with Crippen molar-refractivity contribution in [2.45, 2.75) is 26.2 Å². The number of hydrazone groups is 1. The Hall–Kier alpha value is -2.14. The Kier molecular flexibility index (Phi) is 5.30. The second kappa shape index (κ2) is 7.62. The van der Waals surface area contributed by atoms with Gasteiger partial charge in [0.1, 0.15) is 5.75 Å². The summed E-state index contributed by atoms with van der Waals surface area (Å²) in [4.78, 5) is 12.0. The van der Waals surface area contributed by atoms with Gasteiger partial charge < -0.3 is 4.74 Å². The van der Waals surface area contributed by atoms with Crippen molar-refractivity contribution in [2.75, 3.05) is 6.61 Å². The molecule has 0 aromatic heterocycles. The Morgan fingerprint density at radius 3 is 2.92 bits per heavy atom. The first-order chi connectivity index (χ1) is 11.6. The first kappa shape index (κ1) is 16.7. The number of carbonyl (C=O) groups excluding carboxylic acids is 1. The smallest absolute Gasteiger partial charge is 0.277 e. The molecular weight excluding hydrogens is 368 g/mol. The lowest BCUT2D eigenvalue weighted by atomic mass is 9.90. The van der Waals surface area contributed by atoms with Crippen molar-refractivity contribution < 1.29 is 9.53 Å². The van der Waals surface area contributed by atoms with E-state index in [1.165, 1.54) is 5.56 Å². The molecule has 0 fully saturated rings. The minimum atomic E-state index is -0.258. The maximum atomic E-state index is 12.0. The number of ether oxygens (including phenoxy) is 1. The predicted octanol–water partition coefficient (Wildman–Crippen LogP) is 3.99. The maximum absolute atomic E-state index is 12.0. The summed E-state index contributed by atoms with van der Waals surface area (Å²) in [6.45, 7) is 1.92. The molecule has 2 aromatic rings. The summed E-state index contributed by atoms with van der Waals surface area (Å²) in [5, 5.41) is 4.30. The minimum Gasteiger partial charge on any atom is -0.484 e. The summed E-state index contributed by atoms with van der Waals surface area (Å²) in [6, 6.07) is 13.8. The SMILES string of the molecule is Cc1cc(OCC(=O)NN=C2CCCc3ccccc32)ccc1Br. The van der Waals surface area contributed by atoms with Crippen molar-refractivity contribution in [1.29, 1.82) is 0 Å². The highest BCUT2D eigenvalue weighted by molar-refractivity contribution is 9.10. The van der Waals surface area contributed by atoms with Crippen molar-refractivity contribution >= 4 is 27.5 Å². The summed E-state index contributed by atoms with van der Waals surface area (Å²) in [5.74, 6) is 0.410. The molecule has 0 radical (unpaired) electrons. The van der Waals surface area contributed by atoms with Crippen LogP contribution in [0.3, 0.4) is 0 Å². The molecule has 0 saturated heterocycles. The maximum Gasteiger partial charge on any atom is 0.277 e. The third-order valence-electron chi connectivity index (χ3n) is 4.00. The zero-order valence-electron chi connectivity index (χ0n) is 13.5. The molecule has 0 bridgehead atoms. The number of carbonyl (C=O) groups is 1. The van der Waals surface area contributed by atoms with Crippen LogP contribution in [0.4, 0.5) is 0 Å². The molecule has 1 aliphatic rings. The van der Waals surface area contributed by atoms with E-state index in [0.717, 1.165) is 40.6 Å². The van der Waals surface area contributed by atoms with Crippen LogP contribution in [0.5, 0.6) is 5.75 Å². The zero-order chi connectivity index (χ0) is 16.9. The number of aryl methyl sites for hydroxylation is 2. The largest absolute Gasteiger partial charge is 0.484 e. The molecule has 1 N–H and O–H groups in total. The van der Waals surface area contributed by atoms with Crippen LogP contribution in [-0.2, 0) is 11.2 Å². The van der Waals surface area contributed by atoms with Gasteiger partial charge in [-0.05, 0) is 55.5 Å². The lowest BCUT2D eigenvalue weighted by Crippen LogP contribution is -2.27. The highest BCUT2D eigenvalue weighted by Gasteiger charge is 2.15. The van der Waals surface area contributed by atoms with Gasteiger partial charge in [-0.25, -0.2) is 5.43 Å². The van der Waals surface area contributed by atoms with Gasteiger partial charge in [-0.1, -0.05) is 40.2 Å². The molecule has 24 heavy (non-hydrogen) atoms. The number of benzene rings is 2. The summed E-state index contributed by atoms with van der Waals surface area (Å²) >= 11 is 3.44. The average molecular weight is 387 g/mol. The molecule has 2 aromatic carbocycles. The quantitative estimate of drug-likeness (QED) is 0.807. The molecule has 0 spiro atoms. The van der Waals surface area contributed by atoms with E-state index < -0.39 is 0 Å². The minimum absolute atomic E-state index is 0.0561. The van der Waals surface area contributed by atoms with Crippen LogP contribution in [0, 0.1) is 6.92 Å². The molecule has 0 heterocycles. The lowest BCUT2D eigenvalue weighted by molar-refractivity contribution is -0.123. The Bertz CT molecular complexity index is 787. The van der Waals surface area contributed by atoms with Crippen LogP contribution in [0.1, 0.15) is 29.5 Å². The molecule has 1 amide bonds. The highest BCUT2D eigenvalue weighted by atomic mass is 79.9. The normalized spacial score (nSPS) is 15.0. The number of halogens is 1. The van der Waals surface area contributed by atoms with Crippen LogP contribution >= 0.6 is 15.9 Å². The van der Waals surface area contributed by atoms with Crippen LogP contribution in [-0.4, -0.2) is 18.2 Å². The number of nitrogens with zero attached hydrogens (tertiary/aromatic N) is 1. The van der Waals surface area contributed by atoms with E-state index in [1.54, 1.807) is 0 Å². The van der Waals surface area contributed by atoms with Crippen LogP contribution in [0.2, 0.25) is 0 Å². The van der Waals surface area contributed by atoms with Crippen molar-refractivity contribution in [1.82, 2.24) is 5.43 Å². The van der Waals surface area contributed by atoms with Gasteiger partial charge in [-0.3, -0.25) is 4.79 Å². The molecule has 4 nitrogen and oxygen atoms in total. The molecule has 0 aliphatic heterocycles. The number of rotatable bonds is 4. The number of fused-ring (bicyclic) bond motifs is 1. The molecule has 5 heteroatoms. The van der Waals surface area contributed by atoms with Gasteiger partial charge in [0.25, 0.3) is 5.91 Å². The van der Waals surface area contributed by atoms with Crippen LogP contribution in [0.15, 0.2) is 52.0 Å². The average Bonchev–Trinajstić information content (AvgIpc) is 2.61. The molecular formula is C19H19BrN2O2.